The lowest BCUT2D eigenvalue weighted by Gasteiger charge is -2.18. The lowest BCUT2D eigenvalue weighted by molar-refractivity contribution is -0.127. The summed E-state index contributed by atoms with van der Waals surface area (Å²) in [5.41, 5.74) is -1.09. The van der Waals surface area contributed by atoms with Crippen LogP contribution < -0.4 is 5.32 Å². The van der Waals surface area contributed by atoms with E-state index in [4.69, 9.17) is 0 Å². The quantitative estimate of drug-likeness (QED) is 0.437. The first-order chi connectivity index (χ1) is 8.45. The molecule has 0 saturated carbocycles. The van der Waals surface area contributed by atoms with Gasteiger partial charge < -0.3 is 10.4 Å². The van der Waals surface area contributed by atoms with Gasteiger partial charge >= 0.3 is 0 Å². The second-order valence-corrected chi connectivity index (χ2v) is 5.69. The van der Waals surface area contributed by atoms with Crippen molar-refractivity contribution < 1.29 is 9.90 Å². The molecular weight excluding hydrogens is 226 g/mol. The molecule has 0 aliphatic rings. The number of carbonyl (C=O) groups is 1. The van der Waals surface area contributed by atoms with E-state index in [-0.39, 0.29) is 5.91 Å². The Morgan fingerprint density at radius 1 is 0.944 bits per heavy atom. The molecule has 0 saturated heterocycles. The lowest BCUT2D eigenvalue weighted by atomic mass is 10.1. The average Bonchev–Trinajstić information content (AvgIpc) is 2.24. The monoisotopic (exact) mass is 257 g/mol. The van der Waals surface area contributed by atoms with Gasteiger partial charge in [-0.15, -0.1) is 0 Å². The van der Waals surface area contributed by atoms with Gasteiger partial charge in [0.2, 0.25) is 5.91 Å². The van der Waals surface area contributed by atoms with Crippen LogP contribution >= 0.6 is 0 Å². The van der Waals surface area contributed by atoms with Gasteiger partial charge in [0.05, 0.1) is 0 Å². The largest absolute Gasteiger partial charge is 0.372 e. The number of hydrogen-bond acceptors (Lipinski definition) is 2. The van der Waals surface area contributed by atoms with Crippen LogP contribution in [-0.4, -0.2) is 16.7 Å². The highest BCUT2D eigenvalue weighted by atomic mass is 16.3. The predicted octanol–water partition coefficient (Wildman–Crippen LogP) is 3.75. The van der Waals surface area contributed by atoms with Crippen molar-refractivity contribution in [1.82, 2.24) is 5.32 Å². The fourth-order valence-corrected chi connectivity index (χ4v) is 2.00. The third-order valence-electron chi connectivity index (χ3n) is 2.95. The van der Waals surface area contributed by atoms with Gasteiger partial charge in [0.25, 0.3) is 0 Å². The molecular formula is C15H31NO2. The van der Waals surface area contributed by atoms with Crippen molar-refractivity contribution >= 4 is 5.91 Å². The maximum absolute atomic E-state index is 11.4. The van der Waals surface area contributed by atoms with Crippen molar-refractivity contribution in [2.45, 2.75) is 90.7 Å². The summed E-state index contributed by atoms with van der Waals surface area (Å²) in [5.74, 6) is -0.0505. The van der Waals surface area contributed by atoms with E-state index in [1.165, 1.54) is 44.9 Å². The molecule has 0 atom stereocenters. The number of amides is 1. The summed E-state index contributed by atoms with van der Waals surface area (Å²) in [6.07, 6.45) is 11.8. The number of rotatable bonds is 11. The van der Waals surface area contributed by atoms with Gasteiger partial charge in [-0.2, -0.15) is 0 Å². The predicted molar refractivity (Wildman–Crippen MR) is 76.3 cm³/mol. The minimum atomic E-state index is -1.09. The molecule has 18 heavy (non-hydrogen) atoms. The highest BCUT2D eigenvalue weighted by Crippen LogP contribution is 2.10. The number of aliphatic hydroxyl groups is 1. The van der Waals surface area contributed by atoms with Crippen molar-refractivity contribution in [3.8, 4) is 0 Å². The summed E-state index contributed by atoms with van der Waals surface area (Å²) in [5, 5.41) is 12.0. The standard InChI is InChI=1S/C15H31NO2/c1-4-5-6-7-8-9-10-11-12-13-14(17)16-15(2,3)18/h18H,4-13H2,1-3H3,(H,16,17). The smallest absolute Gasteiger partial charge is 0.222 e. The molecule has 3 nitrogen and oxygen atoms in total. The van der Waals surface area contributed by atoms with E-state index < -0.39 is 5.72 Å². The van der Waals surface area contributed by atoms with Gasteiger partial charge in [-0.25, -0.2) is 0 Å². The van der Waals surface area contributed by atoms with Crippen molar-refractivity contribution in [1.29, 1.82) is 0 Å². The SMILES string of the molecule is CCCCCCCCCCCC(=O)NC(C)(C)O. The van der Waals surface area contributed by atoms with Crippen molar-refractivity contribution in [3.63, 3.8) is 0 Å². The first-order valence-electron chi connectivity index (χ1n) is 7.49. The molecule has 1 amide bonds. The van der Waals surface area contributed by atoms with Crippen LogP contribution in [-0.2, 0) is 4.79 Å². The van der Waals surface area contributed by atoms with Crippen molar-refractivity contribution in [3.05, 3.63) is 0 Å². The fraction of sp³-hybridized carbons (Fsp3) is 0.933. The van der Waals surface area contributed by atoms with E-state index in [2.05, 4.69) is 12.2 Å². The first-order valence-corrected chi connectivity index (χ1v) is 7.49. The lowest BCUT2D eigenvalue weighted by Crippen LogP contribution is -2.42. The molecule has 0 spiro atoms. The highest BCUT2D eigenvalue weighted by molar-refractivity contribution is 5.76. The Hall–Kier alpha value is -0.570. The van der Waals surface area contributed by atoms with Gasteiger partial charge in [0.15, 0.2) is 0 Å². The van der Waals surface area contributed by atoms with Crippen LogP contribution in [0.3, 0.4) is 0 Å². The molecule has 0 unspecified atom stereocenters. The molecule has 2 N–H and O–H groups in total. The molecule has 0 aromatic carbocycles. The molecule has 108 valence electrons. The third kappa shape index (κ3) is 13.5. The van der Waals surface area contributed by atoms with E-state index in [0.29, 0.717) is 6.42 Å². The minimum absolute atomic E-state index is 0.0505. The van der Waals surface area contributed by atoms with Crippen LogP contribution in [0.15, 0.2) is 0 Å². The molecule has 0 bridgehead atoms. The summed E-state index contributed by atoms with van der Waals surface area (Å²) in [6, 6.07) is 0. The van der Waals surface area contributed by atoms with Gasteiger partial charge in [0.1, 0.15) is 5.72 Å². The molecule has 0 radical (unpaired) electrons. The zero-order chi connectivity index (χ0) is 13.9. The van der Waals surface area contributed by atoms with E-state index in [1.807, 2.05) is 0 Å². The zero-order valence-electron chi connectivity index (χ0n) is 12.4. The highest BCUT2D eigenvalue weighted by Gasteiger charge is 2.14. The van der Waals surface area contributed by atoms with Crippen LogP contribution in [0.2, 0.25) is 0 Å². The van der Waals surface area contributed by atoms with Crippen molar-refractivity contribution in [2.75, 3.05) is 0 Å². The zero-order valence-corrected chi connectivity index (χ0v) is 12.4. The number of nitrogens with one attached hydrogen (secondary N) is 1. The Labute approximate surface area is 112 Å². The molecule has 0 aromatic heterocycles. The Morgan fingerprint density at radius 3 is 1.83 bits per heavy atom. The molecule has 3 heteroatoms. The normalized spacial score (nSPS) is 11.6. The van der Waals surface area contributed by atoms with Crippen LogP contribution in [0.25, 0.3) is 0 Å². The number of hydrogen-bond donors (Lipinski definition) is 2. The van der Waals surface area contributed by atoms with Crippen molar-refractivity contribution in [2.24, 2.45) is 0 Å². The second kappa shape index (κ2) is 10.4. The Bertz CT molecular complexity index is 209. The topological polar surface area (TPSA) is 49.3 Å². The van der Waals surface area contributed by atoms with Gasteiger partial charge in [-0.05, 0) is 20.3 Å². The molecule has 0 aromatic rings. The Morgan fingerprint density at radius 2 is 1.39 bits per heavy atom. The number of carbonyl (C=O) groups excluding carboxylic acids is 1. The molecule has 0 fully saturated rings. The van der Waals surface area contributed by atoms with E-state index in [9.17, 15) is 9.90 Å². The molecule has 0 heterocycles. The van der Waals surface area contributed by atoms with Crippen LogP contribution in [0.1, 0.15) is 85.0 Å². The van der Waals surface area contributed by atoms with Crippen LogP contribution in [0, 0.1) is 0 Å². The molecule has 0 aliphatic carbocycles. The Balaban J connectivity index is 3.23. The summed E-state index contributed by atoms with van der Waals surface area (Å²) >= 11 is 0. The van der Waals surface area contributed by atoms with E-state index in [1.54, 1.807) is 13.8 Å². The number of unbranched alkanes of at least 4 members (excludes halogenated alkanes) is 8. The third-order valence-corrected chi connectivity index (χ3v) is 2.95. The van der Waals surface area contributed by atoms with Crippen LogP contribution in [0.4, 0.5) is 0 Å². The maximum Gasteiger partial charge on any atom is 0.222 e. The maximum atomic E-state index is 11.4. The second-order valence-electron chi connectivity index (χ2n) is 5.69. The fourth-order valence-electron chi connectivity index (χ4n) is 2.00. The van der Waals surface area contributed by atoms with Gasteiger partial charge in [0, 0.05) is 6.42 Å². The minimum Gasteiger partial charge on any atom is -0.372 e. The Kier molecular flexibility index (Phi) is 10.0. The summed E-state index contributed by atoms with van der Waals surface area (Å²) in [6.45, 7) is 5.40. The van der Waals surface area contributed by atoms with Crippen LogP contribution in [0.5, 0.6) is 0 Å². The summed E-state index contributed by atoms with van der Waals surface area (Å²) in [4.78, 5) is 11.4. The van der Waals surface area contributed by atoms with E-state index in [0.717, 1.165) is 12.8 Å². The van der Waals surface area contributed by atoms with Gasteiger partial charge in [-0.3, -0.25) is 4.79 Å². The average molecular weight is 257 g/mol. The summed E-state index contributed by atoms with van der Waals surface area (Å²) < 4.78 is 0. The summed E-state index contributed by atoms with van der Waals surface area (Å²) in [7, 11) is 0. The molecule has 0 aliphatic heterocycles. The first kappa shape index (κ1) is 17.4. The van der Waals surface area contributed by atoms with E-state index >= 15 is 0 Å². The molecule has 0 rings (SSSR count). The van der Waals surface area contributed by atoms with Gasteiger partial charge in [-0.1, -0.05) is 58.3 Å².